The smallest absolute Gasteiger partial charge is 0.335 e. The molecule has 0 spiro atoms. The summed E-state index contributed by atoms with van der Waals surface area (Å²) in [7, 11) is 0. The third kappa shape index (κ3) is 3.80. The first kappa shape index (κ1) is 13.5. The maximum Gasteiger partial charge on any atom is 0.335 e. The minimum absolute atomic E-state index is 0.115. The number of H-pyrrole nitrogens is 1. The van der Waals surface area contributed by atoms with E-state index in [1.165, 1.54) is 18.5 Å². The van der Waals surface area contributed by atoms with Crippen LogP contribution in [0.1, 0.15) is 16.2 Å². The number of rotatable bonds is 5. The van der Waals surface area contributed by atoms with Gasteiger partial charge in [-0.1, -0.05) is 6.07 Å². The van der Waals surface area contributed by atoms with Crippen LogP contribution in [-0.2, 0) is 6.42 Å². The summed E-state index contributed by atoms with van der Waals surface area (Å²) in [6.45, 7) is 0.389. The molecule has 1 aromatic carbocycles. The van der Waals surface area contributed by atoms with Crippen molar-refractivity contribution in [1.82, 2.24) is 20.5 Å². The van der Waals surface area contributed by atoms with Gasteiger partial charge in [0.2, 0.25) is 0 Å². The Morgan fingerprint density at radius 3 is 2.90 bits per heavy atom. The quantitative estimate of drug-likeness (QED) is 0.645. The topological polar surface area (TPSA) is 120 Å². The van der Waals surface area contributed by atoms with E-state index in [2.05, 4.69) is 25.8 Å². The van der Waals surface area contributed by atoms with Crippen LogP contribution >= 0.6 is 0 Å². The molecule has 2 rings (SSSR count). The highest BCUT2D eigenvalue weighted by Crippen LogP contribution is 2.10. The number of nitrogens with zero attached hydrogens (tertiary/aromatic N) is 2. The summed E-state index contributed by atoms with van der Waals surface area (Å²) in [5.41, 5.74) is 0.534. The molecule has 0 saturated carbocycles. The predicted octanol–water partition coefficient (Wildman–Crippen LogP) is 0.867. The van der Waals surface area contributed by atoms with Crippen molar-refractivity contribution < 1.29 is 14.7 Å². The number of carbonyl (C=O) groups is 2. The SMILES string of the molecule is O=C(NCCc1ncn[nH]1)Nc1cccc(C(=O)O)c1. The number of nitrogens with one attached hydrogen (secondary N) is 3. The predicted molar refractivity (Wildman–Crippen MR) is 70.5 cm³/mol. The van der Waals surface area contributed by atoms with Crippen molar-refractivity contribution in [3.8, 4) is 0 Å². The highest BCUT2D eigenvalue weighted by molar-refractivity contribution is 5.93. The molecular formula is C12H13N5O3. The van der Waals surface area contributed by atoms with Gasteiger partial charge in [-0.2, -0.15) is 5.10 Å². The highest BCUT2D eigenvalue weighted by Gasteiger charge is 2.06. The van der Waals surface area contributed by atoms with Gasteiger partial charge in [-0.05, 0) is 18.2 Å². The number of carboxylic acids is 1. The van der Waals surface area contributed by atoms with E-state index in [0.717, 1.165) is 0 Å². The number of carboxylic acid groups (broad SMARTS) is 1. The van der Waals surface area contributed by atoms with Crippen molar-refractivity contribution in [3.05, 3.63) is 42.0 Å². The fourth-order valence-corrected chi connectivity index (χ4v) is 1.55. The van der Waals surface area contributed by atoms with Crippen LogP contribution in [-0.4, -0.2) is 38.8 Å². The van der Waals surface area contributed by atoms with Crippen molar-refractivity contribution in [1.29, 1.82) is 0 Å². The molecular weight excluding hydrogens is 262 g/mol. The minimum Gasteiger partial charge on any atom is -0.478 e. The molecule has 8 heteroatoms. The summed E-state index contributed by atoms with van der Waals surface area (Å²) in [6.07, 6.45) is 1.93. The van der Waals surface area contributed by atoms with Gasteiger partial charge in [-0.15, -0.1) is 0 Å². The lowest BCUT2D eigenvalue weighted by Gasteiger charge is -2.07. The largest absolute Gasteiger partial charge is 0.478 e. The molecule has 4 N–H and O–H groups in total. The number of hydrogen-bond donors (Lipinski definition) is 4. The van der Waals surface area contributed by atoms with Crippen molar-refractivity contribution in [2.45, 2.75) is 6.42 Å². The monoisotopic (exact) mass is 275 g/mol. The Labute approximate surface area is 114 Å². The molecule has 2 amide bonds. The van der Waals surface area contributed by atoms with Crippen LogP contribution in [0, 0.1) is 0 Å². The molecule has 1 aromatic heterocycles. The third-order valence-electron chi connectivity index (χ3n) is 2.48. The number of aromatic carboxylic acids is 1. The fourth-order valence-electron chi connectivity index (χ4n) is 1.55. The van der Waals surface area contributed by atoms with E-state index in [0.29, 0.717) is 24.5 Å². The summed E-state index contributed by atoms with van der Waals surface area (Å²) in [5.74, 6) is -0.363. The molecule has 1 heterocycles. The highest BCUT2D eigenvalue weighted by atomic mass is 16.4. The number of benzene rings is 1. The van der Waals surface area contributed by atoms with Crippen LogP contribution in [0.5, 0.6) is 0 Å². The first-order valence-electron chi connectivity index (χ1n) is 5.87. The first-order valence-corrected chi connectivity index (χ1v) is 5.87. The van der Waals surface area contributed by atoms with E-state index in [-0.39, 0.29) is 5.56 Å². The molecule has 0 aliphatic heterocycles. The van der Waals surface area contributed by atoms with E-state index in [9.17, 15) is 9.59 Å². The van der Waals surface area contributed by atoms with Gasteiger partial charge < -0.3 is 15.7 Å². The van der Waals surface area contributed by atoms with Crippen LogP contribution in [0.25, 0.3) is 0 Å². The zero-order valence-corrected chi connectivity index (χ0v) is 10.5. The van der Waals surface area contributed by atoms with Gasteiger partial charge in [0.25, 0.3) is 0 Å². The van der Waals surface area contributed by atoms with E-state index in [1.807, 2.05) is 0 Å². The molecule has 8 nitrogen and oxygen atoms in total. The molecule has 0 radical (unpaired) electrons. The van der Waals surface area contributed by atoms with E-state index in [4.69, 9.17) is 5.11 Å². The summed E-state index contributed by atoms with van der Waals surface area (Å²) < 4.78 is 0. The van der Waals surface area contributed by atoms with E-state index in [1.54, 1.807) is 12.1 Å². The zero-order valence-electron chi connectivity index (χ0n) is 10.5. The van der Waals surface area contributed by atoms with Crippen molar-refractivity contribution >= 4 is 17.7 Å². The molecule has 0 saturated heterocycles. The first-order chi connectivity index (χ1) is 9.65. The normalized spacial score (nSPS) is 10.0. The lowest BCUT2D eigenvalue weighted by Crippen LogP contribution is -2.30. The molecule has 104 valence electrons. The number of carbonyl (C=O) groups excluding carboxylic acids is 1. The minimum atomic E-state index is -1.04. The Balaban J connectivity index is 1.82. The molecule has 0 unspecified atom stereocenters. The average molecular weight is 275 g/mol. The van der Waals surface area contributed by atoms with Gasteiger partial charge in [0.15, 0.2) is 0 Å². The Hall–Kier alpha value is -2.90. The van der Waals surface area contributed by atoms with Crippen LogP contribution in [0.4, 0.5) is 10.5 Å². The zero-order chi connectivity index (χ0) is 14.4. The maximum absolute atomic E-state index is 11.6. The number of hydrogen-bond acceptors (Lipinski definition) is 4. The van der Waals surface area contributed by atoms with Crippen LogP contribution < -0.4 is 10.6 Å². The van der Waals surface area contributed by atoms with Gasteiger partial charge in [-0.25, -0.2) is 14.6 Å². The fraction of sp³-hybridized carbons (Fsp3) is 0.167. The number of aromatic amines is 1. The number of urea groups is 1. The van der Waals surface area contributed by atoms with Crippen molar-refractivity contribution in [3.63, 3.8) is 0 Å². The number of aromatic nitrogens is 3. The van der Waals surface area contributed by atoms with Gasteiger partial charge in [0.1, 0.15) is 12.2 Å². The molecule has 0 fully saturated rings. The lowest BCUT2D eigenvalue weighted by atomic mass is 10.2. The molecule has 0 atom stereocenters. The third-order valence-corrected chi connectivity index (χ3v) is 2.48. The Kier molecular flexibility index (Phi) is 4.28. The second-order valence-electron chi connectivity index (χ2n) is 3.95. The molecule has 0 aliphatic rings. The lowest BCUT2D eigenvalue weighted by molar-refractivity contribution is 0.0697. The standard InChI is InChI=1S/C12H13N5O3/c18-11(19)8-2-1-3-9(6-8)16-12(20)13-5-4-10-14-7-15-17-10/h1-3,6-7H,4-5H2,(H,18,19)(H2,13,16,20)(H,14,15,17). The summed E-state index contributed by atoms with van der Waals surface area (Å²) in [4.78, 5) is 26.3. The number of amides is 2. The van der Waals surface area contributed by atoms with Gasteiger partial charge in [0.05, 0.1) is 5.56 Å². The van der Waals surface area contributed by atoms with Crippen LogP contribution in [0.3, 0.4) is 0 Å². The van der Waals surface area contributed by atoms with Gasteiger partial charge in [-0.3, -0.25) is 5.10 Å². The number of anilines is 1. The summed E-state index contributed by atoms with van der Waals surface area (Å²) in [5, 5.41) is 20.4. The van der Waals surface area contributed by atoms with Crippen molar-refractivity contribution in [2.24, 2.45) is 0 Å². The Morgan fingerprint density at radius 2 is 2.20 bits per heavy atom. The van der Waals surface area contributed by atoms with Crippen LogP contribution in [0.2, 0.25) is 0 Å². The van der Waals surface area contributed by atoms with Gasteiger partial charge >= 0.3 is 12.0 Å². The summed E-state index contributed by atoms with van der Waals surface area (Å²) >= 11 is 0. The molecule has 0 bridgehead atoms. The Bertz CT molecular complexity index is 597. The van der Waals surface area contributed by atoms with Crippen LogP contribution in [0.15, 0.2) is 30.6 Å². The van der Waals surface area contributed by atoms with E-state index >= 15 is 0 Å². The second-order valence-corrected chi connectivity index (χ2v) is 3.95. The Morgan fingerprint density at radius 1 is 1.35 bits per heavy atom. The summed E-state index contributed by atoms with van der Waals surface area (Å²) in [6, 6.07) is 5.61. The average Bonchev–Trinajstić information content (AvgIpc) is 2.92. The molecule has 2 aromatic rings. The van der Waals surface area contributed by atoms with Crippen molar-refractivity contribution in [2.75, 3.05) is 11.9 Å². The molecule has 20 heavy (non-hydrogen) atoms. The van der Waals surface area contributed by atoms with E-state index < -0.39 is 12.0 Å². The van der Waals surface area contributed by atoms with Gasteiger partial charge in [0, 0.05) is 18.7 Å². The maximum atomic E-state index is 11.6. The second kappa shape index (κ2) is 6.32. The molecule has 0 aliphatic carbocycles.